The number of carbonyl (C=O) groups is 1. The Balaban J connectivity index is 1.07. The van der Waals surface area contributed by atoms with Gasteiger partial charge in [-0.05, 0) is 132 Å². The molecule has 3 aromatic heterocycles. The molecule has 0 radical (unpaired) electrons. The summed E-state index contributed by atoms with van der Waals surface area (Å²) < 4.78 is 64.3. The molecular formula is C58H69Cl2FN6O9S. The van der Waals surface area contributed by atoms with Gasteiger partial charge in [-0.3, -0.25) is 4.90 Å². The summed E-state index contributed by atoms with van der Waals surface area (Å²) in [5, 5.41) is 1.16. The summed E-state index contributed by atoms with van der Waals surface area (Å²) in [5.41, 5.74) is 3.91. The van der Waals surface area contributed by atoms with E-state index < -0.39 is 23.8 Å². The van der Waals surface area contributed by atoms with E-state index in [1.54, 1.807) is 25.4 Å². The summed E-state index contributed by atoms with van der Waals surface area (Å²) in [5.74, 6) is 1.97. The summed E-state index contributed by atoms with van der Waals surface area (Å²) in [6.45, 7) is 16.5. The molecule has 6 aromatic rings. The van der Waals surface area contributed by atoms with Crippen molar-refractivity contribution < 1.29 is 47.1 Å². The topological polar surface area (TPSA) is 149 Å². The zero-order valence-electron chi connectivity index (χ0n) is 45.0. The lowest BCUT2D eigenvalue weighted by atomic mass is 9.82. The molecule has 1 saturated heterocycles. The van der Waals surface area contributed by atoms with E-state index >= 15 is 0 Å². The van der Waals surface area contributed by atoms with Crippen molar-refractivity contribution in [1.82, 2.24) is 29.7 Å². The highest BCUT2D eigenvalue weighted by Crippen LogP contribution is 2.53. The predicted molar refractivity (Wildman–Crippen MR) is 297 cm³/mol. The maximum atomic E-state index is 14.7. The second kappa shape index (κ2) is 25.7. The third-order valence-corrected chi connectivity index (χ3v) is 16.3. The quantitative estimate of drug-likeness (QED) is 0.0668. The molecule has 19 heteroatoms. The lowest BCUT2D eigenvalue weighted by Gasteiger charge is -2.35. The van der Waals surface area contributed by atoms with E-state index in [0.29, 0.717) is 111 Å². The van der Waals surface area contributed by atoms with Gasteiger partial charge in [0.1, 0.15) is 59.2 Å². The number of esters is 1. The Morgan fingerprint density at radius 3 is 2.32 bits per heavy atom. The second-order valence-electron chi connectivity index (χ2n) is 21.1. The number of hydrogen-bond acceptors (Lipinski definition) is 16. The van der Waals surface area contributed by atoms with Crippen LogP contribution in [0.5, 0.6) is 23.1 Å². The average molecular weight is 1120 g/mol. The fourth-order valence-corrected chi connectivity index (χ4v) is 11.8. The van der Waals surface area contributed by atoms with Crippen molar-refractivity contribution in [3.05, 3.63) is 105 Å². The third-order valence-electron chi connectivity index (χ3n) is 14.2. The van der Waals surface area contributed by atoms with E-state index in [0.717, 1.165) is 73.8 Å². The Kier molecular flexibility index (Phi) is 18.8. The van der Waals surface area contributed by atoms with Crippen LogP contribution < -0.4 is 18.9 Å². The van der Waals surface area contributed by atoms with Crippen LogP contribution in [0.2, 0.25) is 10.0 Å². The number of fused-ring (bicyclic) bond motifs is 7. The lowest BCUT2D eigenvalue weighted by molar-refractivity contribution is -0.163. The molecule has 0 amide bonds. The van der Waals surface area contributed by atoms with E-state index in [9.17, 15) is 9.18 Å². The van der Waals surface area contributed by atoms with E-state index in [1.807, 2.05) is 58.9 Å². The molecule has 2 fully saturated rings. The highest BCUT2D eigenvalue weighted by Gasteiger charge is 2.34. The zero-order valence-corrected chi connectivity index (χ0v) is 47.3. The number of aromatic nitrogens is 4. The van der Waals surface area contributed by atoms with Crippen LogP contribution in [-0.2, 0) is 36.8 Å². The molecule has 0 unspecified atom stereocenters. The number of halogens is 3. The smallest absolute Gasteiger partial charge is 0.348 e. The molecule has 3 aromatic carbocycles. The van der Waals surface area contributed by atoms with Gasteiger partial charge in [0.25, 0.3) is 0 Å². The normalized spacial score (nSPS) is 19.6. The van der Waals surface area contributed by atoms with Crippen molar-refractivity contribution in [2.45, 2.75) is 97.1 Å². The predicted octanol–water partition coefficient (Wildman–Crippen LogP) is 11.1. The van der Waals surface area contributed by atoms with E-state index in [2.05, 4.69) is 16.8 Å². The van der Waals surface area contributed by atoms with Gasteiger partial charge in [-0.2, -0.15) is 0 Å². The van der Waals surface area contributed by atoms with E-state index in [4.69, 9.17) is 81.0 Å². The fraction of sp³-hybridized carbons (Fsp3) is 0.500. The fourth-order valence-electron chi connectivity index (χ4n) is 10.1. The van der Waals surface area contributed by atoms with Crippen LogP contribution >= 0.6 is 34.5 Å². The summed E-state index contributed by atoms with van der Waals surface area (Å²) in [6.07, 6.45) is 5.39. The monoisotopic (exact) mass is 1110 g/mol. The molecule has 1 aliphatic carbocycles. The van der Waals surface area contributed by atoms with Crippen LogP contribution in [0, 0.1) is 25.6 Å². The summed E-state index contributed by atoms with van der Waals surface area (Å²) in [4.78, 5) is 39.8. The van der Waals surface area contributed by atoms with Crippen LogP contribution in [0.1, 0.15) is 80.6 Å². The van der Waals surface area contributed by atoms with Gasteiger partial charge in [0.05, 0.1) is 47.6 Å². The third kappa shape index (κ3) is 14.2. The first kappa shape index (κ1) is 56.5. The number of ether oxygens (including phenoxy) is 8. The molecule has 2 atom stereocenters. The molecule has 1 saturated carbocycles. The first-order chi connectivity index (χ1) is 37.1. The minimum absolute atomic E-state index is 0.00864. The number of methoxy groups -OCH3 is 1. The van der Waals surface area contributed by atoms with Crippen molar-refractivity contribution in [3.8, 4) is 44.7 Å². The number of nitrogens with zero attached hydrogens (tertiary/aromatic N) is 6. The number of likely N-dealkylation sites (N-methyl/N-ethyl adjacent to an activating group) is 1. The number of benzene rings is 3. The number of thiophene rings is 1. The SMILES string of the molecule is COCCOCCOCC1CCC(c2nccc(COc3ccc4cc3C[C@H](C(=O)OC(C)(C)C)Oc3ncnc5sc(-c6ccc(F)cc6)c(c35)-c3c(C)c(Cl)c(c(Cl)c3C)O[C@H](CN3CCN(C)CC3)CO4)n2)CC1. The molecule has 77 heavy (non-hydrogen) atoms. The molecule has 15 nitrogen and oxygen atoms in total. The van der Waals surface area contributed by atoms with Gasteiger partial charge >= 0.3 is 5.97 Å². The van der Waals surface area contributed by atoms with E-state index in [-0.39, 0.29) is 37.2 Å². The number of hydrogen-bond donors (Lipinski definition) is 0. The number of piperazine rings is 1. The average Bonchev–Trinajstić information content (AvgIpc) is 3.84. The summed E-state index contributed by atoms with van der Waals surface area (Å²) in [7, 11) is 3.78. The first-order valence-corrected chi connectivity index (χ1v) is 28.0. The maximum Gasteiger partial charge on any atom is 0.348 e. The molecule has 6 heterocycles. The molecule has 0 N–H and O–H groups in total. The summed E-state index contributed by atoms with van der Waals surface area (Å²) >= 11 is 16.2. The van der Waals surface area contributed by atoms with Crippen LogP contribution in [0.15, 0.2) is 61.1 Å². The highest BCUT2D eigenvalue weighted by molar-refractivity contribution is 7.22. The highest BCUT2D eigenvalue weighted by atomic mass is 35.5. The largest absolute Gasteiger partial charge is 0.490 e. The molecule has 412 valence electrons. The van der Waals surface area contributed by atoms with Gasteiger partial charge in [0.2, 0.25) is 12.0 Å². The number of rotatable bonds is 16. The van der Waals surface area contributed by atoms with Crippen molar-refractivity contribution in [2.24, 2.45) is 5.92 Å². The van der Waals surface area contributed by atoms with Crippen LogP contribution in [-0.4, -0.2) is 140 Å². The van der Waals surface area contributed by atoms with Crippen LogP contribution in [0.25, 0.3) is 31.8 Å². The summed E-state index contributed by atoms with van der Waals surface area (Å²) in [6, 6.07) is 13.7. The Bertz CT molecular complexity index is 2950. The standard InChI is InChI=1S/C58H69Cl2FN6O9S/c1-35-47-36(2)51(60)52(50(35)59)74-44(30-67-22-20-66(6)21-23-67)33-72-43-16-17-45(73-32-42-18-19-62-54(65-42)39-10-8-37(9-11-39)31-71-27-26-70-25-24-69-7)40(28-43)29-46(57(68)76-58(3,4)5)75-55-49-48(47)53(77-56(49)64-34-63-55)38-12-14-41(61)15-13-38/h12-19,28,34,37,39,44,46H,8-11,20-27,29-33H2,1-7H3/t37?,39?,44-,46-/m1/s1. The molecule has 10 rings (SSSR count). The van der Waals surface area contributed by atoms with E-state index in [1.165, 1.54) is 29.8 Å². The number of carbonyl (C=O) groups excluding carboxylic acids is 1. The minimum Gasteiger partial charge on any atom is -0.490 e. The molecular weight excluding hydrogens is 1050 g/mol. The molecule has 0 spiro atoms. The maximum absolute atomic E-state index is 14.7. The van der Waals surface area contributed by atoms with Crippen LogP contribution in [0.3, 0.4) is 0 Å². The zero-order chi connectivity index (χ0) is 54.2. The van der Waals surface area contributed by atoms with Gasteiger partial charge in [0, 0.05) is 81.0 Å². The Hall–Kier alpha value is -5.24. The molecule has 3 aliphatic heterocycles. The van der Waals surface area contributed by atoms with Crippen molar-refractivity contribution >= 4 is 50.7 Å². The first-order valence-electron chi connectivity index (χ1n) is 26.5. The van der Waals surface area contributed by atoms with Gasteiger partial charge in [-0.15, -0.1) is 11.3 Å². The Labute approximate surface area is 464 Å². The van der Waals surface area contributed by atoms with Gasteiger partial charge < -0.3 is 42.8 Å². The molecule has 4 aliphatic rings. The van der Waals surface area contributed by atoms with Gasteiger partial charge in [-0.25, -0.2) is 29.1 Å². The van der Waals surface area contributed by atoms with Crippen molar-refractivity contribution in [2.75, 3.05) is 86.5 Å². The van der Waals surface area contributed by atoms with Crippen molar-refractivity contribution in [3.63, 3.8) is 0 Å². The Morgan fingerprint density at radius 2 is 1.60 bits per heavy atom. The Morgan fingerprint density at radius 1 is 0.870 bits per heavy atom. The van der Waals surface area contributed by atoms with Gasteiger partial charge in [-0.1, -0.05) is 35.3 Å². The lowest BCUT2D eigenvalue weighted by Crippen LogP contribution is -2.49. The van der Waals surface area contributed by atoms with Crippen molar-refractivity contribution in [1.29, 1.82) is 0 Å². The van der Waals surface area contributed by atoms with Gasteiger partial charge in [0.15, 0.2) is 5.75 Å². The minimum atomic E-state index is -1.26. The molecule has 4 bridgehead atoms. The second-order valence-corrected chi connectivity index (χ2v) is 22.9. The van der Waals surface area contributed by atoms with Crippen LogP contribution in [0.4, 0.5) is 4.39 Å².